The molecule has 1 heterocycles. The van der Waals surface area contributed by atoms with Gasteiger partial charge in [-0.05, 0) is 72.7 Å². The third-order valence-electron chi connectivity index (χ3n) is 6.19. The Morgan fingerprint density at radius 2 is 1.85 bits per heavy atom. The highest BCUT2D eigenvalue weighted by Gasteiger charge is 2.18. The molecule has 7 nitrogen and oxygen atoms in total. The average molecular weight is 592 g/mol. The molecule has 218 valence electrons. The minimum atomic E-state index is -0.0446. The number of aromatic nitrogens is 1. The Labute approximate surface area is 251 Å². The summed E-state index contributed by atoms with van der Waals surface area (Å²) in [4.78, 5) is 17.0. The van der Waals surface area contributed by atoms with Gasteiger partial charge < -0.3 is 15.8 Å². The first-order valence-corrected chi connectivity index (χ1v) is 15.6. The third kappa shape index (κ3) is 11.2. The minimum absolute atomic E-state index is 0.0322. The number of amides is 1. The van der Waals surface area contributed by atoms with E-state index in [1.54, 1.807) is 23.3 Å². The van der Waals surface area contributed by atoms with E-state index < -0.39 is 0 Å². The quantitative estimate of drug-likeness (QED) is 0.0570. The van der Waals surface area contributed by atoms with E-state index in [4.69, 9.17) is 20.9 Å². The van der Waals surface area contributed by atoms with E-state index in [2.05, 4.69) is 49.0 Å². The fraction of sp³-hybridized carbons (Fsp3) is 0.344. The van der Waals surface area contributed by atoms with E-state index in [9.17, 15) is 4.79 Å². The van der Waals surface area contributed by atoms with E-state index >= 15 is 0 Å². The number of hydrogen-bond donors (Lipinski definition) is 4. The fourth-order valence-corrected chi connectivity index (χ4v) is 5.49. The lowest BCUT2D eigenvalue weighted by molar-refractivity contribution is -0.118. The summed E-state index contributed by atoms with van der Waals surface area (Å²) >= 11 is 3.22. The molecule has 1 aromatic heterocycles. The molecule has 0 spiro atoms. The summed E-state index contributed by atoms with van der Waals surface area (Å²) in [5.41, 5.74) is 8.43. The van der Waals surface area contributed by atoms with Crippen LogP contribution in [0.25, 0.3) is 10.2 Å². The predicted molar refractivity (Wildman–Crippen MR) is 173 cm³/mol. The first-order chi connectivity index (χ1) is 19.7. The fourth-order valence-electron chi connectivity index (χ4n) is 3.60. The summed E-state index contributed by atoms with van der Waals surface area (Å²) in [6, 6.07) is 23.9. The molecule has 9 heteroatoms. The van der Waals surface area contributed by atoms with E-state index in [1.165, 1.54) is 13.3 Å². The summed E-state index contributed by atoms with van der Waals surface area (Å²) in [6.07, 6.45) is 2.75. The number of carbonyl (C=O) groups excluding carboxylic acids is 1. The number of hydrogen-bond acceptors (Lipinski definition) is 7. The van der Waals surface area contributed by atoms with Crippen molar-refractivity contribution in [1.29, 1.82) is 5.41 Å². The number of ether oxygens (including phenoxy) is 1. The zero-order valence-electron chi connectivity index (χ0n) is 24.3. The molecule has 1 unspecified atom stereocenters. The van der Waals surface area contributed by atoms with Crippen molar-refractivity contribution in [3.63, 3.8) is 0 Å². The summed E-state index contributed by atoms with van der Waals surface area (Å²) in [6.45, 7) is 9.28. The molecule has 0 aliphatic carbocycles. The van der Waals surface area contributed by atoms with Gasteiger partial charge in [0.25, 0.3) is 0 Å². The molecule has 0 aliphatic rings. The van der Waals surface area contributed by atoms with Crippen molar-refractivity contribution < 1.29 is 9.53 Å². The van der Waals surface area contributed by atoms with Crippen molar-refractivity contribution in [1.82, 2.24) is 15.0 Å². The molecule has 0 saturated carbocycles. The number of thiazole rings is 1. The number of fused-ring (bicyclic) bond motifs is 1. The first kappa shape index (κ1) is 32.1. The van der Waals surface area contributed by atoms with Crippen LogP contribution in [0.15, 0.2) is 77.7 Å². The number of carbonyl (C=O) groups is 1. The Bertz CT molecular complexity index is 1390. The molecule has 0 aliphatic heterocycles. The lowest BCUT2D eigenvalue weighted by Gasteiger charge is -2.16. The first-order valence-electron chi connectivity index (χ1n) is 13.9. The van der Waals surface area contributed by atoms with Crippen LogP contribution in [0.4, 0.5) is 0 Å². The van der Waals surface area contributed by atoms with Gasteiger partial charge in [-0.15, -0.1) is 11.3 Å². The van der Waals surface area contributed by atoms with Crippen LogP contribution in [0.1, 0.15) is 62.7 Å². The van der Waals surface area contributed by atoms with Crippen LogP contribution in [0, 0.1) is 11.3 Å². The second-order valence-corrected chi connectivity index (χ2v) is 12.0. The molecule has 5 N–H and O–H groups in total. The zero-order valence-corrected chi connectivity index (χ0v) is 25.9. The number of nitrogens with one attached hydrogen (secondary N) is 3. The van der Waals surface area contributed by atoms with Crippen LogP contribution in [0.2, 0.25) is 0 Å². The molecule has 1 atom stereocenters. The van der Waals surface area contributed by atoms with Crippen molar-refractivity contribution in [3.05, 3.63) is 88.9 Å². The van der Waals surface area contributed by atoms with Crippen LogP contribution in [0.5, 0.6) is 5.75 Å². The lowest BCUT2D eigenvalue weighted by Crippen LogP contribution is -2.22. The van der Waals surface area contributed by atoms with Gasteiger partial charge in [-0.3, -0.25) is 10.2 Å². The normalized spacial score (nSPS) is 11.5. The Morgan fingerprint density at radius 1 is 1.10 bits per heavy atom. The highest BCUT2D eigenvalue weighted by molar-refractivity contribution is 7.97. The summed E-state index contributed by atoms with van der Waals surface area (Å²) in [5.74, 6) is 1.70. The Kier molecular flexibility index (Phi) is 13.1. The SMILES string of the molecule is CC(=O)NCCCOc1ccc2nc(C(Cc3cccc(C(=N)N)c3)NSc3ccccc3)sc2c1.CCC(C)C. The number of amidine groups is 1. The van der Waals surface area contributed by atoms with Crippen LogP contribution >= 0.6 is 23.3 Å². The topological polar surface area (TPSA) is 113 Å². The highest BCUT2D eigenvalue weighted by atomic mass is 32.2. The molecular weight excluding hydrogens is 551 g/mol. The van der Waals surface area contributed by atoms with E-state index in [0.29, 0.717) is 25.1 Å². The monoisotopic (exact) mass is 591 g/mol. The maximum atomic E-state index is 11.0. The molecule has 3 aromatic carbocycles. The lowest BCUT2D eigenvalue weighted by atomic mass is 10.0. The molecule has 41 heavy (non-hydrogen) atoms. The van der Waals surface area contributed by atoms with Gasteiger partial charge in [0.05, 0.1) is 22.9 Å². The molecular formula is C32H41N5O2S2. The van der Waals surface area contributed by atoms with Gasteiger partial charge in [-0.1, -0.05) is 63.6 Å². The Morgan fingerprint density at radius 3 is 2.54 bits per heavy atom. The van der Waals surface area contributed by atoms with Gasteiger partial charge in [-0.2, -0.15) is 0 Å². The Hall–Kier alpha value is -3.40. The van der Waals surface area contributed by atoms with Gasteiger partial charge in [0.15, 0.2) is 0 Å². The number of nitrogens with zero attached hydrogens (tertiary/aromatic N) is 1. The number of nitrogens with two attached hydrogens (primary N) is 1. The van der Waals surface area contributed by atoms with E-state index in [-0.39, 0.29) is 17.8 Å². The average Bonchev–Trinajstić information content (AvgIpc) is 3.39. The second kappa shape index (κ2) is 16.8. The summed E-state index contributed by atoms with van der Waals surface area (Å²) in [7, 11) is 0. The highest BCUT2D eigenvalue weighted by Crippen LogP contribution is 2.33. The predicted octanol–water partition coefficient (Wildman–Crippen LogP) is 7.12. The van der Waals surface area contributed by atoms with Crippen LogP contribution in [-0.4, -0.2) is 29.9 Å². The van der Waals surface area contributed by atoms with Crippen molar-refractivity contribution >= 4 is 45.2 Å². The van der Waals surface area contributed by atoms with Crippen molar-refractivity contribution in [2.24, 2.45) is 11.7 Å². The summed E-state index contributed by atoms with van der Waals surface area (Å²) in [5, 5.41) is 11.5. The van der Waals surface area contributed by atoms with Crippen LogP contribution in [-0.2, 0) is 11.2 Å². The van der Waals surface area contributed by atoms with Crippen molar-refractivity contribution in [2.45, 2.75) is 57.9 Å². The zero-order chi connectivity index (χ0) is 29.6. The van der Waals surface area contributed by atoms with Gasteiger partial charge in [-0.25, -0.2) is 9.71 Å². The molecule has 0 saturated heterocycles. The van der Waals surface area contributed by atoms with E-state index in [0.717, 1.165) is 43.8 Å². The Balaban J connectivity index is 0.000000850. The van der Waals surface area contributed by atoms with Crippen molar-refractivity contribution in [2.75, 3.05) is 13.2 Å². The maximum Gasteiger partial charge on any atom is 0.216 e. The minimum Gasteiger partial charge on any atom is -0.493 e. The maximum absolute atomic E-state index is 11.0. The third-order valence-corrected chi connectivity index (χ3v) is 8.24. The van der Waals surface area contributed by atoms with Crippen LogP contribution in [0.3, 0.4) is 0 Å². The molecule has 1 amide bonds. The molecule has 0 fully saturated rings. The molecule has 0 radical (unpaired) electrons. The standard InChI is InChI=1S/C27H29N5O2S2.C5H12/c1-18(33)30-13-6-14-34-21-11-12-23-25(17-21)35-27(31-23)24(32-36-22-9-3-2-4-10-22)16-19-7-5-8-20(15-19)26(28)29;1-4-5(2)3/h2-5,7-12,15,17,24,32H,6,13-14,16H2,1H3,(H3,28,29)(H,30,33);5H,4H2,1-3H3. The van der Waals surface area contributed by atoms with Gasteiger partial charge in [0.2, 0.25) is 5.91 Å². The molecule has 4 aromatic rings. The smallest absolute Gasteiger partial charge is 0.216 e. The number of rotatable bonds is 13. The van der Waals surface area contributed by atoms with Crippen molar-refractivity contribution in [3.8, 4) is 5.75 Å². The van der Waals surface area contributed by atoms with Crippen LogP contribution < -0.4 is 20.5 Å². The second-order valence-electron chi connectivity index (χ2n) is 10.1. The number of benzene rings is 3. The van der Waals surface area contributed by atoms with E-state index in [1.807, 2.05) is 54.6 Å². The largest absolute Gasteiger partial charge is 0.493 e. The van der Waals surface area contributed by atoms with Gasteiger partial charge in [0, 0.05) is 23.9 Å². The van der Waals surface area contributed by atoms with Gasteiger partial charge >= 0.3 is 0 Å². The summed E-state index contributed by atoms with van der Waals surface area (Å²) < 4.78 is 10.5. The molecule has 4 rings (SSSR count). The molecule has 0 bridgehead atoms. The number of nitrogen functional groups attached to an aromatic ring is 1. The van der Waals surface area contributed by atoms with Gasteiger partial charge in [0.1, 0.15) is 16.6 Å².